The normalized spacial score (nSPS) is 16.0. The number of benzene rings is 1. The molecule has 1 saturated heterocycles. The van der Waals surface area contributed by atoms with Crippen LogP contribution in [0.15, 0.2) is 18.2 Å². The lowest BCUT2D eigenvalue weighted by Gasteiger charge is -2.35. The van der Waals surface area contributed by atoms with Gasteiger partial charge < -0.3 is 19.9 Å². The van der Waals surface area contributed by atoms with Gasteiger partial charge in [-0.15, -0.1) is 0 Å². The number of fused-ring (bicyclic) bond motifs is 1. The van der Waals surface area contributed by atoms with E-state index in [-0.39, 0.29) is 37.0 Å². The Morgan fingerprint density at radius 1 is 1.04 bits per heavy atom. The molecule has 1 aromatic carbocycles. The predicted molar refractivity (Wildman–Crippen MR) is 96.9 cm³/mol. The Morgan fingerprint density at radius 3 is 2.37 bits per heavy atom. The lowest BCUT2D eigenvalue weighted by atomic mass is 10.1. The number of anilines is 1. The zero-order valence-corrected chi connectivity index (χ0v) is 15.3. The summed E-state index contributed by atoms with van der Waals surface area (Å²) in [5.41, 5.74) is 2.62. The van der Waals surface area contributed by atoms with Crippen LogP contribution >= 0.6 is 0 Å². The fourth-order valence-electron chi connectivity index (χ4n) is 3.35. The van der Waals surface area contributed by atoms with Gasteiger partial charge in [0.25, 0.3) is 0 Å². The summed E-state index contributed by atoms with van der Waals surface area (Å²) in [6.45, 7) is 1.89. The Bertz CT molecular complexity index is 769. The van der Waals surface area contributed by atoms with Crippen molar-refractivity contribution in [3.63, 3.8) is 0 Å². The van der Waals surface area contributed by atoms with E-state index < -0.39 is 5.97 Å². The Labute approximate surface area is 157 Å². The molecule has 2 heterocycles. The maximum absolute atomic E-state index is 12.5. The third-order valence-electron chi connectivity index (χ3n) is 4.91. The van der Waals surface area contributed by atoms with Crippen molar-refractivity contribution >= 4 is 29.4 Å². The van der Waals surface area contributed by atoms with Crippen LogP contribution in [0.3, 0.4) is 0 Å². The molecule has 0 aliphatic carbocycles. The smallest absolute Gasteiger partial charge is 0.306 e. The van der Waals surface area contributed by atoms with Gasteiger partial charge in [0.1, 0.15) is 0 Å². The van der Waals surface area contributed by atoms with Gasteiger partial charge in [-0.3, -0.25) is 19.2 Å². The minimum absolute atomic E-state index is 0.00823. The van der Waals surface area contributed by atoms with Crippen molar-refractivity contribution in [2.75, 3.05) is 38.6 Å². The number of rotatable bonds is 5. The molecule has 2 aliphatic heterocycles. The Morgan fingerprint density at radius 2 is 1.70 bits per heavy atom. The van der Waals surface area contributed by atoms with E-state index in [0.29, 0.717) is 32.6 Å². The average Bonchev–Trinajstić information content (AvgIpc) is 3.05. The number of esters is 1. The molecule has 1 fully saturated rings. The van der Waals surface area contributed by atoms with E-state index in [1.807, 2.05) is 18.2 Å². The van der Waals surface area contributed by atoms with Crippen LogP contribution < -0.4 is 5.32 Å². The quantitative estimate of drug-likeness (QED) is 0.752. The van der Waals surface area contributed by atoms with Gasteiger partial charge in [0.15, 0.2) is 0 Å². The van der Waals surface area contributed by atoms with Crippen LogP contribution in [0.5, 0.6) is 0 Å². The van der Waals surface area contributed by atoms with E-state index in [4.69, 9.17) is 0 Å². The molecule has 8 nitrogen and oxygen atoms in total. The van der Waals surface area contributed by atoms with Gasteiger partial charge in [-0.2, -0.15) is 0 Å². The number of carbonyl (C=O) groups is 4. The number of ether oxygens (including phenoxy) is 1. The van der Waals surface area contributed by atoms with Crippen molar-refractivity contribution in [2.24, 2.45) is 0 Å². The maximum Gasteiger partial charge on any atom is 0.306 e. The lowest BCUT2D eigenvalue weighted by Crippen LogP contribution is -2.51. The number of hydrogen-bond donors (Lipinski definition) is 1. The van der Waals surface area contributed by atoms with Gasteiger partial charge in [-0.1, -0.05) is 12.1 Å². The van der Waals surface area contributed by atoms with Crippen molar-refractivity contribution in [3.8, 4) is 0 Å². The van der Waals surface area contributed by atoms with E-state index in [1.165, 1.54) is 7.11 Å². The van der Waals surface area contributed by atoms with Crippen LogP contribution in [-0.4, -0.2) is 66.8 Å². The number of hydrogen-bond acceptors (Lipinski definition) is 5. The molecule has 0 saturated carbocycles. The summed E-state index contributed by atoms with van der Waals surface area (Å²) in [5.74, 6) is -0.512. The molecule has 0 radical (unpaired) electrons. The third kappa shape index (κ3) is 4.64. The SMILES string of the molecule is COC(=O)CCC(=O)N1CCN(C(=O)Cc2ccc3c(c2)CC(=O)N3)CC1. The highest BCUT2D eigenvalue weighted by molar-refractivity contribution is 5.99. The molecule has 0 atom stereocenters. The molecule has 3 amide bonds. The molecule has 1 aromatic rings. The molecule has 3 rings (SSSR count). The number of nitrogens with one attached hydrogen (secondary N) is 1. The van der Waals surface area contributed by atoms with E-state index in [1.54, 1.807) is 9.80 Å². The van der Waals surface area contributed by atoms with Crippen LogP contribution in [-0.2, 0) is 36.8 Å². The molecule has 2 aliphatic rings. The second-order valence-electron chi connectivity index (χ2n) is 6.73. The van der Waals surface area contributed by atoms with Crippen LogP contribution in [0.25, 0.3) is 0 Å². The highest BCUT2D eigenvalue weighted by atomic mass is 16.5. The second kappa shape index (κ2) is 8.20. The van der Waals surface area contributed by atoms with Gasteiger partial charge in [-0.05, 0) is 17.2 Å². The van der Waals surface area contributed by atoms with Crippen molar-refractivity contribution in [1.29, 1.82) is 0 Å². The molecule has 0 bridgehead atoms. The van der Waals surface area contributed by atoms with Crippen molar-refractivity contribution in [3.05, 3.63) is 29.3 Å². The average molecular weight is 373 g/mol. The second-order valence-corrected chi connectivity index (χ2v) is 6.73. The first-order valence-corrected chi connectivity index (χ1v) is 9.00. The number of methoxy groups -OCH3 is 1. The van der Waals surface area contributed by atoms with E-state index in [0.717, 1.165) is 16.8 Å². The number of carbonyl (C=O) groups excluding carboxylic acids is 4. The van der Waals surface area contributed by atoms with Crippen molar-refractivity contribution in [1.82, 2.24) is 9.80 Å². The Hall–Kier alpha value is -2.90. The molecule has 1 N–H and O–H groups in total. The minimum Gasteiger partial charge on any atom is -0.469 e. The fourth-order valence-corrected chi connectivity index (χ4v) is 3.35. The molecule has 8 heteroatoms. The van der Waals surface area contributed by atoms with Crippen LogP contribution in [0.4, 0.5) is 5.69 Å². The summed E-state index contributed by atoms with van der Waals surface area (Å²) in [5, 5.41) is 2.78. The summed E-state index contributed by atoms with van der Waals surface area (Å²) >= 11 is 0. The minimum atomic E-state index is -0.400. The largest absolute Gasteiger partial charge is 0.469 e. The molecular formula is C19H23N3O5. The third-order valence-corrected chi connectivity index (χ3v) is 4.91. The van der Waals surface area contributed by atoms with Crippen LogP contribution in [0.2, 0.25) is 0 Å². The molecule has 27 heavy (non-hydrogen) atoms. The summed E-state index contributed by atoms with van der Waals surface area (Å²) in [7, 11) is 1.30. The van der Waals surface area contributed by atoms with Crippen molar-refractivity contribution in [2.45, 2.75) is 25.7 Å². The number of nitrogens with zero attached hydrogens (tertiary/aromatic N) is 2. The highest BCUT2D eigenvalue weighted by Crippen LogP contribution is 2.24. The molecule has 0 spiro atoms. The zero-order valence-electron chi connectivity index (χ0n) is 15.3. The van der Waals surface area contributed by atoms with Gasteiger partial charge >= 0.3 is 5.97 Å². The van der Waals surface area contributed by atoms with Crippen LogP contribution in [0, 0.1) is 0 Å². The fraction of sp³-hybridized carbons (Fsp3) is 0.474. The molecular weight excluding hydrogens is 350 g/mol. The maximum atomic E-state index is 12.5. The Kier molecular flexibility index (Phi) is 5.73. The topological polar surface area (TPSA) is 96.0 Å². The molecule has 0 unspecified atom stereocenters. The first kappa shape index (κ1) is 18.9. The predicted octanol–water partition coefficient (Wildman–Crippen LogP) is 0.348. The van der Waals surface area contributed by atoms with E-state index in [2.05, 4.69) is 10.1 Å². The highest BCUT2D eigenvalue weighted by Gasteiger charge is 2.25. The summed E-state index contributed by atoms with van der Waals surface area (Å²) in [6, 6.07) is 5.59. The van der Waals surface area contributed by atoms with Gasteiger partial charge in [0.05, 0.1) is 26.4 Å². The summed E-state index contributed by atoms with van der Waals surface area (Å²) < 4.78 is 4.54. The van der Waals surface area contributed by atoms with Gasteiger partial charge in [0.2, 0.25) is 17.7 Å². The summed E-state index contributed by atoms with van der Waals surface area (Å²) in [4.78, 5) is 50.6. The van der Waals surface area contributed by atoms with Crippen LogP contribution in [0.1, 0.15) is 24.0 Å². The standard InChI is InChI=1S/C19H23N3O5/c1-27-19(26)5-4-17(24)21-6-8-22(9-7-21)18(25)11-13-2-3-15-14(10-13)12-16(23)20-15/h2-3,10H,4-9,11-12H2,1H3,(H,20,23). The van der Waals surface area contributed by atoms with Crippen molar-refractivity contribution < 1.29 is 23.9 Å². The first-order valence-electron chi connectivity index (χ1n) is 9.00. The van der Waals surface area contributed by atoms with E-state index in [9.17, 15) is 19.2 Å². The van der Waals surface area contributed by atoms with Gasteiger partial charge in [0, 0.05) is 38.3 Å². The number of piperazine rings is 1. The monoisotopic (exact) mass is 373 g/mol. The number of amides is 3. The Balaban J connectivity index is 1.47. The zero-order chi connectivity index (χ0) is 19.4. The molecule has 144 valence electrons. The molecule has 0 aromatic heterocycles. The van der Waals surface area contributed by atoms with E-state index >= 15 is 0 Å². The lowest BCUT2D eigenvalue weighted by molar-refractivity contribution is -0.144. The van der Waals surface area contributed by atoms with Gasteiger partial charge in [-0.25, -0.2) is 0 Å². The first-order chi connectivity index (χ1) is 13.0. The summed E-state index contributed by atoms with van der Waals surface area (Å²) in [6.07, 6.45) is 0.828.